The van der Waals surface area contributed by atoms with Crippen LogP contribution in [0.3, 0.4) is 0 Å². The number of esters is 1. The van der Waals surface area contributed by atoms with Crippen LogP contribution in [0.15, 0.2) is 54.6 Å². The summed E-state index contributed by atoms with van der Waals surface area (Å²) >= 11 is 0. The van der Waals surface area contributed by atoms with E-state index in [9.17, 15) is 4.79 Å². The Bertz CT molecular complexity index is 896. The number of benzene rings is 2. The lowest BCUT2D eigenvalue weighted by Crippen LogP contribution is -2.40. The number of rotatable bonds is 24. The minimum absolute atomic E-state index is 0.106. The van der Waals surface area contributed by atoms with E-state index in [1.165, 1.54) is 88.2 Å². The predicted octanol–water partition coefficient (Wildman–Crippen LogP) is 9.30. The monoisotopic (exact) mass is 552 g/mol. The van der Waals surface area contributed by atoms with Crippen LogP contribution >= 0.6 is 0 Å². The molecule has 224 valence electrons. The molecule has 0 heterocycles. The van der Waals surface area contributed by atoms with Crippen molar-refractivity contribution in [3.63, 3.8) is 0 Å². The molecule has 4 heteroatoms. The van der Waals surface area contributed by atoms with E-state index in [4.69, 9.17) is 9.47 Å². The molecule has 2 aromatic rings. The topological polar surface area (TPSA) is 35.5 Å². The quantitative estimate of drug-likeness (QED) is 0.0739. The van der Waals surface area contributed by atoms with E-state index in [-0.39, 0.29) is 5.97 Å². The third kappa shape index (κ3) is 17.4. The molecule has 2 aromatic carbocycles. The zero-order valence-corrected chi connectivity index (χ0v) is 26.0. The standard InChI is InChI=1S/C36H58NO3/c1-4-5-6-7-8-9-10-11-12-13-14-16-22-33-25-21-26-35(31-33)39-29-19-20-30-40-36(38)27-28-37(2,3)32-34-23-17-15-18-24-34/h15,17-18,21,23-26,31H,4-14,16,19-20,22,27-30,32H2,1-3H3/q+1. The Balaban J connectivity index is 1.45. The molecule has 0 atom stereocenters. The van der Waals surface area contributed by atoms with Gasteiger partial charge in [0.2, 0.25) is 0 Å². The number of carbonyl (C=O) groups is 1. The molecule has 40 heavy (non-hydrogen) atoms. The normalized spacial score (nSPS) is 11.5. The number of quaternary nitrogens is 1. The lowest BCUT2D eigenvalue weighted by atomic mass is 10.0. The van der Waals surface area contributed by atoms with E-state index in [0.29, 0.717) is 19.6 Å². The van der Waals surface area contributed by atoms with Gasteiger partial charge in [0.1, 0.15) is 12.3 Å². The number of nitrogens with zero attached hydrogens (tertiary/aromatic N) is 1. The summed E-state index contributed by atoms with van der Waals surface area (Å²) in [5.41, 5.74) is 2.66. The van der Waals surface area contributed by atoms with Gasteiger partial charge < -0.3 is 14.0 Å². The second-order valence-electron chi connectivity index (χ2n) is 12.1. The van der Waals surface area contributed by atoms with Crippen molar-refractivity contribution < 1.29 is 18.8 Å². The molecule has 0 spiro atoms. The Kier molecular flexibility index (Phi) is 18.1. The zero-order chi connectivity index (χ0) is 28.7. The van der Waals surface area contributed by atoms with E-state index < -0.39 is 0 Å². The van der Waals surface area contributed by atoms with Crippen LogP contribution in [-0.4, -0.2) is 44.3 Å². The average molecular weight is 553 g/mol. The second-order valence-corrected chi connectivity index (χ2v) is 12.1. The van der Waals surface area contributed by atoms with Crippen molar-refractivity contribution in [2.45, 2.75) is 116 Å². The Labute approximate surface area is 246 Å². The van der Waals surface area contributed by atoms with Gasteiger partial charge in [0.05, 0.1) is 40.3 Å². The van der Waals surface area contributed by atoms with Crippen molar-refractivity contribution >= 4 is 5.97 Å². The van der Waals surface area contributed by atoms with Crippen molar-refractivity contribution in [3.8, 4) is 5.75 Å². The molecule has 0 aliphatic carbocycles. The summed E-state index contributed by atoms with van der Waals surface area (Å²) in [6.07, 6.45) is 19.9. The summed E-state index contributed by atoms with van der Waals surface area (Å²) < 4.78 is 12.2. The lowest BCUT2D eigenvalue weighted by molar-refractivity contribution is -0.903. The Morgan fingerprint density at radius 3 is 1.95 bits per heavy atom. The van der Waals surface area contributed by atoms with Crippen LogP contribution in [-0.2, 0) is 22.5 Å². The largest absolute Gasteiger partial charge is 0.494 e. The molecule has 0 aromatic heterocycles. The first-order valence-electron chi connectivity index (χ1n) is 16.2. The maximum Gasteiger partial charge on any atom is 0.311 e. The summed E-state index contributed by atoms with van der Waals surface area (Å²) in [6.45, 7) is 5.08. The van der Waals surface area contributed by atoms with Crippen LogP contribution in [0.1, 0.15) is 114 Å². The summed E-state index contributed by atoms with van der Waals surface area (Å²) in [5, 5.41) is 0. The van der Waals surface area contributed by atoms with Crippen LogP contribution in [0.4, 0.5) is 0 Å². The highest BCUT2D eigenvalue weighted by atomic mass is 16.5. The van der Waals surface area contributed by atoms with Crippen molar-refractivity contribution in [1.82, 2.24) is 0 Å². The Morgan fingerprint density at radius 1 is 0.675 bits per heavy atom. The lowest BCUT2D eigenvalue weighted by Gasteiger charge is -2.29. The molecule has 0 bridgehead atoms. The summed E-state index contributed by atoms with van der Waals surface area (Å²) in [4.78, 5) is 12.2. The summed E-state index contributed by atoms with van der Waals surface area (Å²) in [6, 6.07) is 19.0. The minimum atomic E-state index is -0.106. The van der Waals surface area contributed by atoms with E-state index in [2.05, 4.69) is 63.5 Å². The molecule has 0 radical (unpaired) electrons. The maximum atomic E-state index is 12.2. The first-order valence-corrected chi connectivity index (χ1v) is 16.2. The highest BCUT2D eigenvalue weighted by Gasteiger charge is 2.18. The van der Waals surface area contributed by atoms with Gasteiger partial charge in [-0.1, -0.05) is 120 Å². The first kappa shape index (κ1) is 33.9. The van der Waals surface area contributed by atoms with Crippen molar-refractivity contribution in [1.29, 1.82) is 0 Å². The minimum Gasteiger partial charge on any atom is -0.494 e. The number of aryl methyl sites for hydroxylation is 1. The van der Waals surface area contributed by atoms with Gasteiger partial charge in [-0.25, -0.2) is 0 Å². The first-order chi connectivity index (χ1) is 19.5. The van der Waals surface area contributed by atoms with Crippen molar-refractivity contribution in [2.24, 2.45) is 0 Å². The molecule has 0 saturated carbocycles. The van der Waals surface area contributed by atoms with Gasteiger partial charge in [0.25, 0.3) is 0 Å². The Morgan fingerprint density at radius 2 is 1.27 bits per heavy atom. The average Bonchev–Trinajstić information content (AvgIpc) is 2.95. The summed E-state index contributed by atoms with van der Waals surface area (Å²) in [5.74, 6) is 0.845. The molecule has 4 nitrogen and oxygen atoms in total. The number of hydrogen-bond donors (Lipinski definition) is 0. The fourth-order valence-corrected chi connectivity index (χ4v) is 5.16. The van der Waals surface area contributed by atoms with Gasteiger partial charge in [0.15, 0.2) is 0 Å². The van der Waals surface area contributed by atoms with E-state index in [1.807, 2.05) is 12.1 Å². The number of ether oxygens (including phenoxy) is 2. The zero-order valence-electron chi connectivity index (χ0n) is 26.0. The smallest absolute Gasteiger partial charge is 0.311 e. The maximum absolute atomic E-state index is 12.2. The Hall–Kier alpha value is -2.33. The van der Waals surface area contributed by atoms with Crippen LogP contribution < -0.4 is 4.74 Å². The molecule has 0 amide bonds. The van der Waals surface area contributed by atoms with Gasteiger partial charge in [-0.2, -0.15) is 0 Å². The van der Waals surface area contributed by atoms with Crippen LogP contribution in [0, 0.1) is 0 Å². The molecule has 0 aliphatic heterocycles. The van der Waals surface area contributed by atoms with Gasteiger partial charge in [0, 0.05) is 5.56 Å². The van der Waals surface area contributed by atoms with Crippen molar-refractivity contribution in [2.75, 3.05) is 33.9 Å². The molecule has 0 N–H and O–H groups in total. The predicted molar refractivity (Wildman–Crippen MR) is 169 cm³/mol. The van der Waals surface area contributed by atoms with Gasteiger partial charge in [-0.15, -0.1) is 0 Å². The highest BCUT2D eigenvalue weighted by Crippen LogP contribution is 2.17. The summed E-state index contributed by atoms with van der Waals surface area (Å²) in [7, 11) is 4.32. The van der Waals surface area contributed by atoms with Crippen molar-refractivity contribution in [3.05, 3.63) is 65.7 Å². The van der Waals surface area contributed by atoms with Gasteiger partial charge in [-0.3, -0.25) is 4.79 Å². The van der Waals surface area contributed by atoms with Gasteiger partial charge >= 0.3 is 5.97 Å². The number of hydrogen-bond acceptors (Lipinski definition) is 3. The fraction of sp³-hybridized carbons (Fsp3) is 0.639. The molecular weight excluding hydrogens is 494 g/mol. The van der Waals surface area contributed by atoms with E-state index >= 15 is 0 Å². The third-order valence-electron chi connectivity index (χ3n) is 7.66. The van der Waals surface area contributed by atoms with Crippen LogP contribution in [0.5, 0.6) is 5.75 Å². The van der Waals surface area contributed by atoms with Crippen LogP contribution in [0.25, 0.3) is 0 Å². The second kappa shape index (κ2) is 21.4. The molecule has 0 fully saturated rings. The molecule has 2 rings (SSSR count). The SMILES string of the molecule is CCCCCCCCCCCCCCc1cccc(OCCCCOC(=O)CC[N+](C)(C)Cc2ccccc2)c1. The molecule has 0 aliphatic rings. The highest BCUT2D eigenvalue weighted by molar-refractivity contribution is 5.69. The van der Waals surface area contributed by atoms with Gasteiger partial charge in [-0.05, 0) is 43.4 Å². The molecule has 0 saturated heterocycles. The van der Waals surface area contributed by atoms with Crippen LogP contribution in [0.2, 0.25) is 0 Å². The van der Waals surface area contributed by atoms with E-state index in [0.717, 1.165) is 42.6 Å². The third-order valence-corrected chi connectivity index (χ3v) is 7.66. The molecule has 0 unspecified atom stereocenters. The number of unbranched alkanes of at least 4 members (excludes halogenated alkanes) is 12. The number of carbonyl (C=O) groups excluding carboxylic acids is 1. The fourth-order valence-electron chi connectivity index (χ4n) is 5.16. The van der Waals surface area contributed by atoms with E-state index in [1.54, 1.807) is 0 Å². The molecular formula is C36H58NO3+.